The molecule has 3 aromatic rings. The van der Waals surface area contributed by atoms with Crippen LogP contribution >= 0.6 is 0 Å². The number of nitrogens with one attached hydrogen (secondary N) is 2. The van der Waals surface area contributed by atoms with Crippen molar-refractivity contribution in [2.75, 3.05) is 25.6 Å². The van der Waals surface area contributed by atoms with Crippen LogP contribution in [0.2, 0.25) is 0 Å². The largest absolute Gasteiger partial charge is 0.383 e. The van der Waals surface area contributed by atoms with Gasteiger partial charge >= 0.3 is 0 Å². The monoisotopic (exact) mass is 501 g/mol. The van der Waals surface area contributed by atoms with Crippen molar-refractivity contribution in [1.29, 1.82) is 0 Å². The maximum Gasteiger partial charge on any atom is 0.270 e. The molecule has 194 valence electrons. The fourth-order valence-corrected chi connectivity index (χ4v) is 6.86. The van der Waals surface area contributed by atoms with Gasteiger partial charge in [-0.3, -0.25) is 14.0 Å². The van der Waals surface area contributed by atoms with Gasteiger partial charge in [0.05, 0.1) is 30.3 Å². The number of carbonyl (C=O) groups excluding carboxylic acids is 2. The van der Waals surface area contributed by atoms with Gasteiger partial charge in [0.15, 0.2) is 0 Å². The fourth-order valence-electron chi connectivity index (χ4n) is 6.86. The predicted octanol–water partition coefficient (Wildman–Crippen LogP) is 3.96. The zero-order valence-electron chi connectivity index (χ0n) is 21.5. The quantitative estimate of drug-likeness (QED) is 0.553. The Morgan fingerprint density at radius 2 is 1.92 bits per heavy atom. The van der Waals surface area contributed by atoms with Crippen LogP contribution in [0.1, 0.15) is 59.9 Å². The van der Waals surface area contributed by atoms with Crippen molar-refractivity contribution in [3.63, 3.8) is 0 Å². The number of ether oxygens (including phenoxy) is 1. The van der Waals surface area contributed by atoms with Crippen LogP contribution in [0.15, 0.2) is 48.7 Å². The number of nitrogens with zero attached hydrogens (tertiary/aromatic N) is 3. The summed E-state index contributed by atoms with van der Waals surface area (Å²) in [6.07, 6.45) is 6.43. The van der Waals surface area contributed by atoms with E-state index in [1.54, 1.807) is 7.11 Å². The molecule has 2 amide bonds. The number of pyridine rings is 1. The van der Waals surface area contributed by atoms with Crippen molar-refractivity contribution >= 4 is 23.1 Å². The highest BCUT2D eigenvalue weighted by atomic mass is 16.5. The lowest BCUT2D eigenvalue weighted by Crippen LogP contribution is -2.51. The molecule has 0 radical (unpaired) electrons. The molecule has 1 unspecified atom stereocenters. The summed E-state index contributed by atoms with van der Waals surface area (Å²) >= 11 is 0. The first-order valence-corrected chi connectivity index (χ1v) is 13.5. The van der Waals surface area contributed by atoms with Gasteiger partial charge in [0, 0.05) is 37.5 Å². The van der Waals surface area contributed by atoms with E-state index in [0.29, 0.717) is 23.9 Å². The van der Waals surface area contributed by atoms with Crippen LogP contribution in [0.5, 0.6) is 0 Å². The molecule has 2 fully saturated rings. The molecule has 3 aliphatic rings. The van der Waals surface area contributed by atoms with Crippen LogP contribution in [0, 0.1) is 18.8 Å². The molecule has 6 rings (SSSR count). The Kier molecular flexibility index (Phi) is 6.36. The third-order valence-corrected chi connectivity index (χ3v) is 8.53. The second kappa shape index (κ2) is 9.82. The molecular weight excluding hydrogens is 466 g/mol. The van der Waals surface area contributed by atoms with Crippen molar-refractivity contribution < 1.29 is 14.3 Å². The zero-order valence-corrected chi connectivity index (χ0v) is 21.5. The average molecular weight is 502 g/mol. The maximum atomic E-state index is 14.2. The molecule has 2 aromatic heterocycles. The second-order valence-electron chi connectivity index (χ2n) is 10.7. The number of likely N-dealkylation sites (tertiary alicyclic amines) is 1. The first kappa shape index (κ1) is 24.0. The number of anilines is 1. The highest BCUT2D eigenvalue weighted by Crippen LogP contribution is 2.47. The van der Waals surface area contributed by atoms with Gasteiger partial charge in [0.2, 0.25) is 5.91 Å². The van der Waals surface area contributed by atoms with E-state index >= 15 is 0 Å². The van der Waals surface area contributed by atoms with Gasteiger partial charge in [-0.05, 0) is 49.9 Å². The number of aromatic nitrogens is 2. The molecule has 0 spiro atoms. The molecule has 1 aromatic carbocycles. The van der Waals surface area contributed by atoms with Crippen LogP contribution in [0.25, 0.3) is 5.65 Å². The van der Waals surface area contributed by atoms with Crippen LogP contribution in [-0.4, -0.2) is 58.4 Å². The number of aryl methyl sites for hydroxylation is 1. The van der Waals surface area contributed by atoms with Gasteiger partial charge in [-0.15, -0.1) is 0 Å². The standard InChI is InChI=1S/C29H35N5O3/c1-18-26(33-15-8-7-13-25(33)30-18)28(35)32-23-12-6-4-10-21(23)29(36)34-16-14-20-24(17-37-2)31-22-11-5-3-9-19(22)27(20)34/h3,5,7-9,11,13,15,20-21,23-24,27,31H,4,6,10,12,14,16-17H2,1-2H3,(H,32,35)/t20-,21+,23?,24+,27+/m1/s1. The molecule has 37 heavy (non-hydrogen) atoms. The number of fused-ring (bicyclic) bond motifs is 4. The molecule has 2 N–H and O–H groups in total. The molecular formula is C29H35N5O3. The first-order valence-electron chi connectivity index (χ1n) is 13.5. The summed E-state index contributed by atoms with van der Waals surface area (Å²) in [4.78, 5) is 34.3. The van der Waals surface area contributed by atoms with Crippen LogP contribution in [0.4, 0.5) is 5.69 Å². The van der Waals surface area contributed by atoms with Crippen LogP contribution in [-0.2, 0) is 9.53 Å². The van der Waals surface area contributed by atoms with Gasteiger partial charge in [-0.2, -0.15) is 0 Å². The third-order valence-electron chi connectivity index (χ3n) is 8.53. The Balaban J connectivity index is 1.26. The van der Waals surface area contributed by atoms with E-state index < -0.39 is 0 Å². The summed E-state index contributed by atoms with van der Waals surface area (Å²) in [7, 11) is 1.73. The summed E-state index contributed by atoms with van der Waals surface area (Å²) in [5, 5.41) is 6.90. The van der Waals surface area contributed by atoms with Crippen LogP contribution in [0.3, 0.4) is 0 Å². The van der Waals surface area contributed by atoms with Crippen molar-refractivity contribution in [3.05, 3.63) is 65.6 Å². The highest BCUT2D eigenvalue weighted by Gasteiger charge is 2.48. The maximum absolute atomic E-state index is 14.2. The number of benzene rings is 1. The van der Waals surface area contributed by atoms with E-state index in [2.05, 4.69) is 38.7 Å². The molecule has 1 saturated heterocycles. The Hall–Kier alpha value is -3.39. The van der Waals surface area contributed by atoms with E-state index in [9.17, 15) is 9.59 Å². The Labute approximate surface area is 217 Å². The number of imidazole rings is 1. The average Bonchev–Trinajstić information content (AvgIpc) is 3.50. The van der Waals surface area contributed by atoms with Gasteiger partial charge in [-0.25, -0.2) is 4.98 Å². The van der Waals surface area contributed by atoms with Crippen molar-refractivity contribution in [2.45, 2.75) is 57.2 Å². The molecule has 1 aliphatic carbocycles. The second-order valence-corrected chi connectivity index (χ2v) is 10.7. The van der Waals surface area contributed by atoms with Gasteiger partial charge in [0.25, 0.3) is 5.91 Å². The highest BCUT2D eigenvalue weighted by molar-refractivity contribution is 5.95. The van der Waals surface area contributed by atoms with Gasteiger partial charge in [-0.1, -0.05) is 37.1 Å². The number of carbonyl (C=O) groups is 2. The Bertz CT molecular complexity index is 1320. The smallest absolute Gasteiger partial charge is 0.270 e. The molecule has 4 heterocycles. The minimum Gasteiger partial charge on any atom is -0.383 e. The number of rotatable bonds is 5. The predicted molar refractivity (Wildman–Crippen MR) is 141 cm³/mol. The molecule has 8 nitrogen and oxygen atoms in total. The van der Waals surface area contributed by atoms with Crippen LogP contribution < -0.4 is 10.6 Å². The molecule has 0 bridgehead atoms. The van der Waals surface area contributed by atoms with Crippen molar-refractivity contribution in [1.82, 2.24) is 19.6 Å². The topological polar surface area (TPSA) is 88.0 Å². The molecule has 2 aliphatic heterocycles. The number of methoxy groups -OCH3 is 1. The summed E-state index contributed by atoms with van der Waals surface area (Å²) in [5.74, 6) is 0.0860. The summed E-state index contributed by atoms with van der Waals surface area (Å²) in [6, 6.07) is 14.0. The zero-order chi connectivity index (χ0) is 25.5. The number of amides is 2. The number of hydrogen-bond donors (Lipinski definition) is 2. The van der Waals surface area contributed by atoms with E-state index in [-0.39, 0.29) is 35.9 Å². The van der Waals surface area contributed by atoms with Crippen molar-refractivity contribution in [3.8, 4) is 0 Å². The SMILES string of the molecule is COC[C@@H]1Nc2ccccc2[C@H]2[C@@H]1CCN2C(=O)[C@H]1CCCCC1NC(=O)c1c(C)nc2ccccn12. The van der Waals surface area contributed by atoms with E-state index in [1.807, 2.05) is 41.8 Å². The lowest BCUT2D eigenvalue weighted by atomic mass is 9.81. The fraction of sp³-hybridized carbons (Fsp3) is 0.483. The molecule has 1 saturated carbocycles. The minimum atomic E-state index is -0.223. The van der Waals surface area contributed by atoms with E-state index in [1.165, 1.54) is 5.56 Å². The van der Waals surface area contributed by atoms with Crippen molar-refractivity contribution in [2.24, 2.45) is 11.8 Å². The van der Waals surface area contributed by atoms with E-state index in [4.69, 9.17) is 4.74 Å². The third kappa shape index (κ3) is 4.17. The molecule has 5 atom stereocenters. The Morgan fingerprint density at radius 1 is 1.11 bits per heavy atom. The summed E-state index contributed by atoms with van der Waals surface area (Å²) in [5.41, 5.74) is 4.26. The number of hydrogen-bond acceptors (Lipinski definition) is 5. The summed E-state index contributed by atoms with van der Waals surface area (Å²) < 4.78 is 7.36. The minimum absolute atomic E-state index is 0.0318. The van der Waals surface area contributed by atoms with Gasteiger partial charge in [0.1, 0.15) is 11.3 Å². The van der Waals surface area contributed by atoms with Gasteiger partial charge < -0.3 is 20.3 Å². The lowest BCUT2D eigenvalue weighted by Gasteiger charge is -2.41. The first-order chi connectivity index (χ1) is 18.1. The lowest BCUT2D eigenvalue weighted by molar-refractivity contribution is -0.139. The number of para-hydroxylation sites is 1. The van der Waals surface area contributed by atoms with E-state index in [0.717, 1.165) is 50.0 Å². The normalized spacial score (nSPS) is 26.9. The Morgan fingerprint density at radius 3 is 2.78 bits per heavy atom. The summed E-state index contributed by atoms with van der Waals surface area (Å²) in [6.45, 7) is 3.20. The molecule has 8 heteroatoms.